The van der Waals surface area contributed by atoms with E-state index in [1.54, 1.807) is 0 Å². The molecule has 1 amide bonds. The molecule has 21 heavy (non-hydrogen) atoms. The standard InChI is InChI=1S/C16H25N3O2/c1-11-13(12(2)21-17-11)10-16(20)19-9-5-7-15(19)14-6-4-8-18(14)3/h14-15H,4-10H2,1-3H3. The summed E-state index contributed by atoms with van der Waals surface area (Å²) < 4.78 is 5.17. The van der Waals surface area contributed by atoms with Crippen LogP contribution in [0.5, 0.6) is 0 Å². The van der Waals surface area contributed by atoms with Gasteiger partial charge in [0.25, 0.3) is 0 Å². The van der Waals surface area contributed by atoms with Gasteiger partial charge in [0.05, 0.1) is 12.1 Å². The van der Waals surface area contributed by atoms with Gasteiger partial charge in [-0.15, -0.1) is 0 Å². The topological polar surface area (TPSA) is 49.6 Å². The van der Waals surface area contributed by atoms with E-state index in [1.807, 2.05) is 13.8 Å². The second-order valence-corrected chi connectivity index (χ2v) is 6.47. The van der Waals surface area contributed by atoms with Gasteiger partial charge in [0.1, 0.15) is 5.76 Å². The molecule has 0 bridgehead atoms. The molecule has 5 nitrogen and oxygen atoms in total. The van der Waals surface area contributed by atoms with Gasteiger partial charge >= 0.3 is 0 Å². The molecule has 5 heteroatoms. The van der Waals surface area contributed by atoms with E-state index in [0.717, 1.165) is 42.9 Å². The van der Waals surface area contributed by atoms with Crippen molar-refractivity contribution in [3.05, 3.63) is 17.0 Å². The average molecular weight is 291 g/mol. The maximum atomic E-state index is 12.7. The molecule has 2 unspecified atom stereocenters. The van der Waals surface area contributed by atoms with Gasteiger partial charge in [-0.2, -0.15) is 0 Å². The van der Waals surface area contributed by atoms with Gasteiger partial charge < -0.3 is 14.3 Å². The second kappa shape index (κ2) is 5.79. The molecular formula is C16H25N3O2. The second-order valence-electron chi connectivity index (χ2n) is 6.47. The highest BCUT2D eigenvalue weighted by molar-refractivity contribution is 5.80. The number of likely N-dealkylation sites (N-methyl/N-ethyl adjacent to an activating group) is 1. The van der Waals surface area contributed by atoms with Crippen LogP contribution in [-0.2, 0) is 11.2 Å². The van der Waals surface area contributed by atoms with E-state index in [0.29, 0.717) is 18.5 Å². The zero-order valence-corrected chi connectivity index (χ0v) is 13.3. The van der Waals surface area contributed by atoms with Crippen molar-refractivity contribution in [3.63, 3.8) is 0 Å². The van der Waals surface area contributed by atoms with Gasteiger partial charge in [0.2, 0.25) is 5.91 Å². The summed E-state index contributed by atoms with van der Waals surface area (Å²) in [7, 11) is 2.19. The Morgan fingerprint density at radius 2 is 1.95 bits per heavy atom. The summed E-state index contributed by atoms with van der Waals surface area (Å²) in [5.74, 6) is 1.00. The third-order valence-electron chi connectivity index (χ3n) is 5.15. The van der Waals surface area contributed by atoms with Crippen molar-refractivity contribution >= 4 is 5.91 Å². The van der Waals surface area contributed by atoms with E-state index in [-0.39, 0.29) is 5.91 Å². The molecule has 1 aromatic heterocycles. The van der Waals surface area contributed by atoms with Crippen LogP contribution in [0.25, 0.3) is 0 Å². The van der Waals surface area contributed by atoms with E-state index in [2.05, 4.69) is 22.0 Å². The molecule has 116 valence electrons. The van der Waals surface area contributed by atoms with Crippen molar-refractivity contribution in [2.45, 2.75) is 58.0 Å². The molecule has 0 aliphatic carbocycles. The number of aryl methyl sites for hydroxylation is 2. The van der Waals surface area contributed by atoms with Gasteiger partial charge in [-0.3, -0.25) is 4.79 Å². The van der Waals surface area contributed by atoms with Gasteiger partial charge in [-0.25, -0.2) is 0 Å². The number of nitrogens with zero attached hydrogens (tertiary/aromatic N) is 3. The van der Waals surface area contributed by atoms with Crippen LogP contribution in [0.15, 0.2) is 4.52 Å². The predicted molar refractivity (Wildman–Crippen MR) is 80.1 cm³/mol. The first-order valence-electron chi connectivity index (χ1n) is 7.99. The van der Waals surface area contributed by atoms with E-state index >= 15 is 0 Å². The van der Waals surface area contributed by atoms with Crippen LogP contribution in [-0.4, -0.2) is 53.1 Å². The third-order valence-corrected chi connectivity index (χ3v) is 5.15. The highest BCUT2D eigenvalue weighted by Gasteiger charge is 2.38. The monoisotopic (exact) mass is 291 g/mol. The fourth-order valence-electron chi connectivity index (χ4n) is 3.93. The van der Waals surface area contributed by atoms with Crippen LogP contribution in [0, 0.1) is 13.8 Å². The minimum atomic E-state index is 0.229. The van der Waals surface area contributed by atoms with Crippen LogP contribution in [0.3, 0.4) is 0 Å². The van der Waals surface area contributed by atoms with Gasteiger partial charge in [-0.05, 0) is 53.1 Å². The fraction of sp³-hybridized carbons (Fsp3) is 0.750. The molecule has 0 aromatic carbocycles. The van der Waals surface area contributed by atoms with E-state index in [1.165, 1.54) is 12.8 Å². The first kappa shape index (κ1) is 14.6. The number of hydrogen-bond donors (Lipinski definition) is 0. The summed E-state index contributed by atoms with van der Waals surface area (Å²) in [5.41, 5.74) is 1.81. The summed E-state index contributed by atoms with van der Waals surface area (Å²) in [6, 6.07) is 0.937. The van der Waals surface area contributed by atoms with Crippen LogP contribution >= 0.6 is 0 Å². The Labute approximate surface area is 126 Å². The van der Waals surface area contributed by atoms with E-state index < -0.39 is 0 Å². The predicted octanol–water partition coefficient (Wildman–Crippen LogP) is 1.92. The maximum Gasteiger partial charge on any atom is 0.227 e. The molecule has 2 aliphatic heterocycles. The molecule has 0 radical (unpaired) electrons. The Balaban J connectivity index is 1.71. The zero-order chi connectivity index (χ0) is 15.0. The van der Waals surface area contributed by atoms with Crippen molar-refractivity contribution in [2.75, 3.05) is 20.1 Å². The van der Waals surface area contributed by atoms with Crippen molar-refractivity contribution in [1.82, 2.24) is 15.0 Å². The molecule has 1 aromatic rings. The summed E-state index contributed by atoms with van der Waals surface area (Å²) in [6.07, 6.45) is 5.17. The normalized spacial score (nSPS) is 26.7. The molecule has 2 saturated heterocycles. The Hall–Kier alpha value is -1.36. The summed E-state index contributed by atoms with van der Waals surface area (Å²) in [4.78, 5) is 17.3. The molecule has 0 saturated carbocycles. The number of rotatable bonds is 3. The number of carbonyl (C=O) groups is 1. The smallest absolute Gasteiger partial charge is 0.227 e. The Bertz CT molecular complexity index is 506. The van der Waals surface area contributed by atoms with Crippen LogP contribution in [0.1, 0.15) is 42.7 Å². The lowest BCUT2D eigenvalue weighted by atomic mass is 10.0. The molecule has 2 fully saturated rings. The molecule has 2 aliphatic rings. The van der Waals surface area contributed by atoms with Gasteiger partial charge in [0, 0.05) is 24.2 Å². The summed E-state index contributed by atoms with van der Waals surface area (Å²) >= 11 is 0. The highest BCUT2D eigenvalue weighted by Crippen LogP contribution is 2.29. The quantitative estimate of drug-likeness (QED) is 0.853. The van der Waals surface area contributed by atoms with Gasteiger partial charge in [0.15, 0.2) is 0 Å². The van der Waals surface area contributed by atoms with Crippen LogP contribution in [0.4, 0.5) is 0 Å². The summed E-state index contributed by atoms with van der Waals surface area (Å²) in [5, 5.41) is 3.95. The molecular weight excluding hydrogens is 266 g/mol. The Kier molecular flexibility index (Phi) is 4.02. The van der Waals surface area contributed by atoms with E-state index in [4.69, 9.17) is 4.52 Å². The third kappa shape index (κ3) is 2.71. The molecule has 0 N–H and O–H groups in total. The first-order valence-corrected chi connectivity index (χ1v) is 7.99. The van der Waals surface area contributed by atoms with Gasteiger partial charge in [-0.1, -0.05) is 5.16 Å². The van der Waals surface area contributed by atoms with Crippen molar-refractivity contribution in [1.29, 1.82) is 0 Å². The molecule has 0 spiro atoms. The Morgan fingerprint density at radius 3 is 2.57 bits per heavy atom. The minimum absolute atomic E-state index is 0.229. The molecule has 2 atom stereocenters. The van der Waals surface area contributed by atoms with Crippen molar-refractivity contribution < 1.29 is 9.32 Å². The van der Waals surface area contributed by atoms with Crippen molar-refractivity contribution in [3.8, 4) is 0 Å². The fourth-order valence-corrected chi connectivity index (χ4v) is 3.93. The highest BCUT2D eigenvalue weighted by atomic mass is 16.5. The number of hydrogen-bond acceptors (Lipinski definition) is 4. The first-order chi connectivity index (χ1) is 10.1. The number of amides is 1. The number of likely N-dealkylation sites (tertiary alicyclic amines) is 2. The van der Waals surface area contributed by atoms with Crippen molar-refractivity contribution in [2.24, 2.45) is 0 Å². The summed E-state index contributed by atoms with van der Waals surface area (Å²) in [6.45, 7) is 5.85. The average Bonchev–Trinajstić information content (AvgIpc) is 3.14. The SMILES string of the molecule is Cc1noc(C)c1CC(=O)N1CCCC1C1CCCN1C. The van der Waals surface area contributed by atoms with E-state index in [9.17, 15) is 4.79 Å². The van der Waals surface area contributed by atoms with Crippen LogP contribution in [0.2, 0.25) is 0 Å². The minimum Gasteiger partial charge on any atom is -0.361 e. The molecule has 3 rings (SSSR count). The lowest BCUT2D eigenvalue weighted by molar-refractivity contribution is -0.132. The number of carbonyl (C=O) groups excluding carboxylic acids is 1. The number of aromatic nitrogens is 1. The maximum absolute atomic E-state index is 12.7. The lowest BCUT2D eigenvalue weighted by Gasteiger charge is -2.33. The van der Waals surface area contributed by atoms with Crippen LogP contribution < -0.4 is 0 Å². The largest absolute Gasteiger partial charge is 0.361 e. The zero-order valence-electron chi connectivity index (χ0n) is 13.3. The Morgan fingerprint density at radius 1 is 1.24 bits per heavy atom. The molecule has 3 heterocycles. The lowest BCUT2D eigenvalue weighted by Crippen LogP contribution is -2.47.